The van der Waals surface area contributed by atoms with E-state index in [-0.39, 0.29) is 0 Å². The van der Waals surface area contributed by atoms with E-state index in [1.807, 2.05) is 0 Å². The Kier molecular flexibility index (Phi) is 4.19. The highest BCUT2D eigenvalue weighted by Gasteiger charge is 2.29. The van der Waals surface area contributed by atoms with Gasteiger partial charge in [-0.15, -0.1) is 0 Å². The van der Waals surface area contributed by atoms with Crippen molar-refractivity contribution in [3.8, 4) is 0 Å². The summed E-state index contributed by atoms with van der Waals surface area (Å²) >= 11 is 0. The Morgan fingerprint density at radius 3 is 2.59 bits per heavy atom. The molecule has 94 valence electrons. The minimum atomic E-state index is 0.547. The molecule has 0 unspecified atom stereocenters. The number of nitrogens with one attached hydrogen (secondary N) is 1. The predicted molar refractivity (Wildman–Crippen MR) is 73.1 cm³/mol. The molecule has 1 heterocycles. The first-order valence-electron chi connectivity index (χ1n) is 6.68. The lowest BCUT2D eigenvalue weighted by Crippen LogP contribution is -2.33. The highest BCUT2D eigenvalue weighted by atomic mass is 15.2. The molecule has 1 saturated heterocycles. The third-order valence-corrected chi connectivity index (χ3v) is 4.25. The van der Waals surface area contributed by atoms with Crippen molar-refractivity contribution in [2.45, 2.75) is 32.4 Å². The van der Waals surface area contributed by atoms with Crippen LogP contribution in [0.25, 0.3) is 0 Å². The number of rotatable bonds is 4. The summed E-state index contributed by atoms with van der Waals surface area (Å²) in [5.74, 6) is 0.797. The lowest BCUT2D eigenvalue weighted by atomic mass is 10.0. The van der Waals surface area contributed by atoms with Gasteiger partial charge in [0.2, 0.25) is 0 Å². The molecule has 0 aromatic heterocycles. The molecule has 3 atom stereocenters. The first-order valence-corrected chi connectivity index (χ1v) is 6.68. The molecular weight excluding hydrogens is 208 g/mol. The second kappa shape index (κ2) is 5.65. The van der Waals surface area contributed by atoms with Crippen LogP contribution in [0.3, 0.4) is 0 Å². The van der Waals surface area contributed by atoms with Crippen molar-refractivity contribution in [1.29, 1.82) is 0 Å². The van der Waals surface area contributed by atoms with Crippen LogP contribution in [-0.4, -0.2) is 31.1 Å². The van der Waals surface area contributed by atoms with Crippen LogP contribution in [0.5, 0.6) is 0 Å². The van der Waals surface area contributed by atoms with E-state index in [4.69, 9.17) is 0 Å². The first kappa shape index (κ1) is 12.6. The van der Waals surface area contributed by atoms with Gasteiger partial charge in [0.15, 0.2) is 0 Å². The monoisotopic (exact) mass is 232 g/mol. The molecule has 0 spiro atoms. The fraction of sp³-hybridized carbons (Fsp3) is 0.600. The average Bonchev–Trinajstić information content (AvgIpc) is 2.87. The van der Waals surface area contributed by atoms with Crippen LogP contribution < -0.4 is 5.32 Å². The molecule has 2 heteroatoms. The fourth-order valence-corrected chi connectivity index (χ4v) is 2.75. The standard InChI is InChI=1S/C15H24N2/c1-12(16-3)15-9-10-17(11-15)13(2)14-7-5-4-6-8-14/h4-8,12-13,15-16H,9-11H2,1-3H3/t12-,13+,15+/m0/s1. The van der Waals surface area contributed by atoms with Gasteiger partial charge in [-0.25, -0.2) is 0 Å². The van der Waals surface area contributed by atoms with Gasteiger partial charge in [-0.3, -0.25) is 4.90 Å². The number of benzene rings is 1. The topological polar surface area (TPSA) is 15.3 Å². The van der Waals surface area contributed by atoms with Crippen LogP contribution in [0, 0.1) is 5.92 Å². The molecule has 2 nitrogen and oxygen atoms in total. The first-order chi connectivity index (χ1) is 8.22. The van der Waals surface area contributed by atoms with E-state index in [0.717, 1.165) is 5.92 Å². The Balaban J connectivity index is 1.97. The summed E-state index contributed by atoms with van der Waals surface area (Å²) in [6.07, 6.45) is 1.32. The van der Waals surface area contributed by atoms with Crippen molar-refractivity contribution in [3.05, 3.63) is 35.9 Å². The molecular formula is C15H24N2. The SMILES string of the molecule is CN[C@@H](C)[C@@H]1CCN([C@H](C)c2ccccc2)C1. The fourth-order valence-electron chi connectivity index (χ4n) is 2.75. The van der Waals surface area contributed by atoms with Gasteiger partial charge >= 0.3 is 0 Å². The van der Waals surface area contributed by atoms with Gasteiger partial charge in [0.25, 0.3) is 0 Å². The largest absolute Gasteiger partial charge is 0.317 e. The van der Waals surface area contributed by atoms with Gasteiger partial charge in [-0.05, 0) is 45.3 Å². The molecule has 1 aromatic carbocycles. The summed E-state index contributed by atoms with van der Waals surface area (Å²) in [6, 6.07) is 12.0. The predicted octanol–water partition coefficient (Wildman–Crippen LogP) is 2.68. The molecule has 17 heavy (non-hydrogen) atoms. The van der Waals surface area contributed by atoms with Crippen molar-refractivity contribution in [2.75, 3.05) is 20.1 Å². The zero-order chi connectivity index (χ0) is 12.3. The normalized spacial score (nSPS) is 24.8. The van der Waals surface area contributed by atoms with Gasteiger partial charge in [-0.1, -0.05) is 30.3 Å². The van der Waals surface area contributed by atoms with Crippen molar-refractivity contribution in [3.63, 3.8) is 0 Å². The van der Waals surface area contributed by atoms with Gasteiger partial charge in [0.05, 0.1) is 0 Å². The van der Waals surface area contributed by atoms with Gasteiger partial charge in [0.1, 0.15) is 0 Å². The Bertz CT molecular complexity index is 336. The summed E-state index contributed by atoms with van der Waals surface area (Å²) in [4.78, 5) is 2.60. The highest BCUT2D eigenvalue weighted by molar-refractivity contribution is 5.18. The van der Waals surface area contributed by atoms with E-state index < -0.39 is 0 Å². The molecule has 2 rings (SSSR count). The minimum absolute atomic E-state index is 0.547. The van der Waals surface area contributed by atoms with Crippen LogP contribution in [0.4, 0.5) is 0 Å². The van der Waals surface area contributed by atoms with E-state index in [1.54, 1.807) is 0 Å². The third-order valence-electron chi connectivity index (χ3n) is 4.25. The number of hydrogen-bond acceptors (Lipinski definition) is 2. The second-order valence-electron chi connectivity index (χ2n) is 5.21. The Labute approximate surface area is 105 Å². The molecule has 0 radical (unpaired) electrons. The molecule has 0 saturated carbocycles. The molecule has 0 aliphatic carbocycles. The number of nitrogens with zero attached hydrogens (tertiary/aromatic N) is 1. The third kappa shape index (κ3) is 2.88. The Morgan fingerprint density at radius 1 is 1.24 bits per heavy atom. The van der Waals surface area contributed by atoms with E-state index in [9.17, 15) is 0 Å². The lowest BCUT2D eigenvalue weighted by molar-refractivity contribution is 0.244. The molecule has 0 amide bonds. The summed E-state index contributed by atoms with van der Waals surface area (Å²) < 4.78 is 0. The van der Waals surface area contributed by atoms with E-state index >= 15 is 0 Å². The zero-order valence-electron chi connectivity index (χ0n) is 11.2. The molecule has 1 N–H and O–H groups in total. The molecule has 1 aromatic rings. The zero-order valence-corrected chi connectivity index (χ0v) is 11.2. The van der Waals surface area contributed by atoms with Crippen molar-refractivity contribution >= 4 is 0 Å². The van der Waals surface area contributed by atoms with Crippen LogP contribution in [0.15, 0.2) is 30.3 Å². The second-order valence-corrected chi connectivity index (χ2v) is 5.21. The average molecular weight is 232 g/mol. The highest BCUT2D eigenvalue weighted by Crippen LogP contribution is 2.28. The van der Waals surface area contributed by atoms with Crippen molar-refractivity contribution < 1.29 is 0 Å². The molecule has 1 aliphatic rings. The van der Waals surface area contributed by atoms with Crippen LogP contribution in [0.1, 0.15) is 31.9 Å². The van der Waals surface area contributed by atoms with Crippen molar-refractivity contribution in [2.24, 2.45) is 5.92 Å². The van der Waals surface area contributed by atoms with E-state index in [1.165, 1.54) is 25.1 Å². The molecule has 0 bridgehead atoms. The maximum Gasteiger partial charge on any atom is 0.0320 e. The Morgan fingerprint density at radius 2 is 1.94 bits per heavy atom. The summed E-state index contributed by atoms with van der Waals surface area (Å²) in [7, 11) is 2.06. The molecule has 1 aliphatic heterocycles. The Hall–Kier alpha value is -0.860. The quantitative estimate of drug-likeness (QED) is 0.858. The maximum absolute atomic E-state index is 3.38. The van der Waals surface area contributed by atoms with Crippen molar-refractivity contribution in [1.82, 2.24) is 10.2 Å². The summed E-state index contributed by atoms with van der Waals surface area (Å²) in [6.45, 7) is 7.06. The van der Waals surface area contributed by atoms with Crippen LogP contribution in [-0.2, 0) is 0 Å². The van der Waals surface area contributed by atoms with E-state index in [0.29, 0.717) is 12.1 Å². The summed E-state index contributed by atoms with van der Waals surface area (Å²) in [5.41, 5.74) is 1.44. The van der Waals surface area contributed by atoms with Crippen LogP contribution >= 0.6 is 0 Å². The molecule has 1 fully saturated rings. The lowest BCUT2D eigenvalue weighted by Gasteiger charge is -2.26. The smallest absolute Gasteiger partial charge is 0.0320 e. The van der Waals surface area contributed by atoms with Gasteiger partial charge in [-0.2, -0.15) is 0 Å². The maximum atomic E-state index is 3.38. The number of likely N-dealkylation sites (tertiary alicyclic amines) is 1. The van der Waals surface area contributed by atoms with Gasteiger partial charge in [0, 0.05) is 18.6 Å². The number of hydrogen-bond donors (Lipinski definition) is 1. The van der Waals surface area contributed by atoms with E-state index in [2.05, 4.69) is 61.4 Å². The minimum Gasteiger partial charge on any atom is -0.317 e. The van der Waals surface area contributed by atoms with Gasteiger partial charge < -0.3 is 5.32 Å². The van der Waals surface area contributed by atoms with Crippen LogP contribution in [0.2, 0.25) is 0 Å². The summed E-state index contributed by atoms with van der Waals surface area (Å²) in [5, 5.41) is 3.38.